The molecule has 0 bridgehead atoms. The second kappa shape index (κ2) is 13.8. The van der Waals surface area contributed by atoms with E-state index in [0.29, 0.717) is 0 Å². The summed E-state index contributed by atoms with van der Waals surface area (Å²) in [5.74, 6) is -1.05. The summed E-state index contributed by atoms with van der Waals surface area (Å²) in [7, 11) is -18.4. The van der Waals surface area contributed by atoms with Crippen molar-refractivity contribution >= 4 is 90.6 Å². The fraction of sp³-hybridized carbons (Fsp3) is 0. The minimum atomic E-state index is -4.79. The summed E-state index contributed by atoms with van der Waals surface area (Å²) in [4.78, 5) is 11.0. The van der Waals surface area contributed by atoms with Gasteiger partial charge in [-0.05, 0) is 72.8 Å². The van der Waals surface area contributed by atoms with Gasteiger partial charge in [-0.3, -0.25) is 18.5 Å². The third kappa shape index (κ3) is 7.71. The first-order valence-electron chi connectivity index (χ1n) is 15.0. The van der Waals surface area contributed by atoms with Gasteiger partial charge in [-0.15, -0.1) is 0 Å². The molecular weight excluding hydrogens is 789 g/mol. The number of anilines is 4. The standard InChI is InChI=1S/C33H26N4O13S4/c38-27-15-13-25(23-9-3-11-29(31(23)27)53(45,46)47)36-51(41,42)21-7-1-5-19(17-21)34-33(40)35-20-6-2-8-22(18-20)52(43,44)37-26-14-16-28(39)32-24(26)10-4-12-30(32)54(48,49)50/h1-18,36-39H,(H2,34,35,40)(H,45,46,47)(H,48,49,50). The Balaban J connectivity index is 1.20. The first-order chi connectivity index (χ1) is 25.2. The fourth-order valence-electron chi connectivity index (χ4n) is 5.50. The van der Waals surface area contributed by atoms with Crippen LogP contribution < -0.4 is 20.1 Å². The molecule has 2 amide bonds. The van der Waals surface area contributed by atoms with Gasteiger partial charge in [-0.2, -0.15) is 16.8 Å². The second-order valence-corrected chi connectivity index (χ2v) is 17.6. The van der Waals surface area contributed by atoms with E-state index in [1.54, 1.807) is 0 Å². The number of sulfonamides is 2. The molecule has 0 heterocycles. The molecule has 54 heavy (non-hydrogen) atoms. The van der Waals surface area contributed by atoms with E-state index in [4.69, 9.17) is 0 Å². The van der Waals surface area contributed by atoms with E-state index < -0.39 is 67.6 Å². The molecule has 0 fully saturated rings. The molecule has 0 saturated heterocycles. The van der Waals surface area contributed by atoms with Crippen LogP contribution >= 0.6 is 0 Å². The average Bonchev–Trinajstić information content (AvgIpc) is 3.09. The van der Waals surface area contributed by atoms with Gasteiger partial charge in [-0.1, -0.05) is 36.4 Å². The van der Waals surface area contributed by atoms with Gasteiger partial charge in [0.15, 0.2) is 0 Å². The summed E-state index contributed by atoms with van der Waals surface area (Å²) in [5.41, 5.74) is -0.271. The van der Waals surface area contributed by atoms with Crippen molar-refractivity contribution in [2.75, 3.05) is 20.1 Å². The normalized spacial score (nSPS) is 12.3. The molecular formula is C33H26N4O13S4. The number of phenolic OH excluding ortho intramolecular Hbond substituents is 2. The Kier molecular flexibility index (Phi) is 9.64. The Labute approximate surface area is 307 Å². The monoisotopic (exact) mass is 814 g/mol. The lowest BCUT2D eigenvalue weighted by Crippen LogP contribution is -2.20. The Morgan fingerprint density at radius 1 is 0.481 bits per heavy atom. The van der Waals surface area contributed by atoms with Crippen molar-refractivity contribution < 1.29 is 57.8 Å². The number of hydrogen-bond donors (Lipinski definition) is 8. The van der Waals surface area contributed by atoms with E-state index in [9.17, 15) is 57.8 Å². The number of amides is 2. The smallest absolute Gasteiger partial charge is 0.323 e. The zero-order valence-electron chi connectivity index (χ0n) is 27.0. The zero-order chi connectivity index (χ0) is 39.2. The van der Waals surface area contributed by atoms with E-state index in [1.165, 1.54) is 72.8 Å². The summed E-state index contributed by atoms with van der Waals surface area (Å²) in [5, 5.41) is 24.8. The molecule has 0 aliphatic heterocycles. The van der Waals surface area contributed by atoms with Crippen LogP contribution in [-0.4, -0.2) is 59.0 Å². The van der Waals surface area contributed by atoms with Crippen LogP contribution in [0.5, 0.6) is 11.5 Å². The lowest BCUT2D eigenvalue weighted by molar-refractivity contribution is 0.262. The van der Waals surface area contributed by atoms with Crippen LogP contribution in [0.25, 0.3) is 21.5 Å². The molecule has 0 aliphatic carbocycles. The molecule has 21 heteroatoms. The molecule has 0 aliphatic rings. The molecule has 0 saturated carbocycles. The van der Waals surface area contributed by atoms with Gasteiger partial charge in [0.25, 0.3) is 40.3 Å². The first-order valence-corrected chi connectivity index (χ1v) is 20.9. The van der Waals surface area contributed by atoms with Crippen LogP contribution in [0.1, 0.15) is 0 Å². The minimum absolute atomic E-state index is 0.00601. The summed E-state index contributed by atoms with van der Waals surface area (Å²) < 4.78 is 125. The van der Waals surface area contributed by atoms with E-state index >= 15 is 0 Å². The molecule has 0 spiro atoms. The molecule has 0 unspecified atom stereocenters. The highest BCUT2D eigenvalue weighted by Crippen LogP contribution is 2.38. The Bertz CT molecular complexity index is 2770. The quantitative estimate of drug-likeness (QED) is 0.0657. The highest BCUT2D eigenvalue weighted by atomic mass is 32.2. The van der Waals surface area contributed by atoms with Crippen molar-refractivity contribution in [2.24, 2.45) is 0 Å². The van der Waals surface area contributed by atoms with E-state index in [-0.39, 0.29) is 54.1 Å². The van der Waals surface area contributed by atoms with Gasteiger partial charge in [0, 0.05) is 32.9 Å². The maximum atomic E-state index is 13.4. The maximum Gasteiger partial charge on any atom is 0.323 e. The predicted molar refractivity (Wildman–Crippen MR) is 198 cm³/mol. The molecule has 6 aromatic carbocycles. The molecule has 8 N–H and O–H groups in total. The summed E-state index contributed by atoms with van der Waals surface area (Å²) in [6.07, 6.45) is 0. The van der Waals surface area contributed by atoms with Crippen LogP contribution in [-0.2, 0) is 40.3 Å². The summed E-state index contributed by atoms with van der Waals surface area (Å²) in [6, 6.07) is 20.8. The van der Waals surface area contributed by atoms with E-state index in [1.807, 2.05) is 0 Å². The molecule has 17 nitrogen and oxygen atoms in total. The SMILES string of the molecule is O=C(Nc1cccc(S(=O)(=O)Nc2ccc(O)c3c(S(=O)(=O)O)cccc23)c1)Nc1cccc(S(=O)(=O)Nc2ccc(O)c3c(S(=O)(=O)O)cccc23)c1. The number of rotatable bonds is 10. The number of urea groups is 1. The van der Waals surface area contributed by atoms with Crippen LogP contribution in [0.2, 0.25) is 0 Å². The number of carbonyl (C=O) groups excluding carboxylic acids is 1. The number of hydrogen-bond acceptors (Lipinski definition) is 11. The average molecular weight is 815 g/mol. The number of aromatic hydroxyl groups is 2. The molecule has 280 valence electrons. The molecule has 0 aromatic heterocycles. The molecule has 6 rings (SSSR count). The van der Waals surface area contributed by atoms with Crippen molar-refractivity contribution in [2.45, 2.75) is 19.6 Å². The van der Waals surface area contributed by atoms with Crippen LogP contribution in [0, 0.1) is 0 Å². The number of benzene rings is 6. The Morgan fingerprint density at radius 3 is 1.22 bits per heavy atom. The van der Waals surface area contributed by atoms with Crippen molar-refractivity contribution in [3.05, 3.63) is 109 Å². The number of phenols is 2. The highest BCUT2D eigenvalue weighted by molar-refractivity contribution is 7.93. The summed E-state index contributed by atoms with van der Waals surface area (Å²) >= 11 is 0. The number of carbonyl (C=O) groups is 1. The Morgan fingerprint density at radius 2 is 0.852 bits per heavy atom. The van der Waals surface area contributed by atoms with Gasteiger partial charge in [-0.25, -0.2) is 21.6 Å². The van der Waals surface area contributed by atoms with Gasteiger partial charge < -0.3 is 20.8 Å². The lowest BCUT2D eigenvalue weighted by Gasteiger charge is -2.15. The summed E-state index contributed by atoms with van der Waals surface area (Å²) in [6.45, 7) is 0. The van der Waals surface area contributed by atoms with Gasteiger partial charge in [0.1, 0.15) is 21.3 Å². The predicted octanol–water partition coefficient (Wildman–Crippen LogP) is 5.14. The third-order valence-corrected chi connectivity index (χ3v) is 12.3. The molecule has 0 radical (unpaired) electrons. The van der Waals surface area contributed by atoms with Crippen molar-refractivity contribution in [3.63, 3.8) is 0 Å². The Hall–Kier alpha value is -5.97. The second-order valence-electron chi connectivity index (χ2n) is 11.4. The molecule has 6 aromatic rings. The maximum absolute atomic E-state index is 13.4. The molecule has 0 atom stereocenters. The van der Waals surface area contributed by atoms with Crippen molar-refractivity contribution in [1.29, 1.82) is 0 Å². The number of nitrogens with one attached hydrogen (secondary N) is 4. The third-order valence-electron chi connectivity index (χ3n) is 7.81. The van der Waals surface area contributed by atoms with Gasteiger partial charge >= 0.3 is 6.03 Å². The largest absolute Gasteiger partial charge is 0.507 e. The van der Waals surface area contributed by atoms with E-state index in [0.717, 1.165) is 36.4 Å². The zero-order valence-corrected chi connectivity index (χ0v) is 30.3. The van der Waals surface area contributed by atoms with E-state index in [2.05, 4.69) is 20.1 Å². The van der Waals surface area contributed by atoms with Crippen molar-refractivity contribution in [1.82, 2.24) is 0 Å². The van der Waals surface area contributed by atoms with Crippen LogP contribution in [0.3, 0.4) is 0 Å². The minimum Gasteiger partial charge on any atom is -0.507 e. The van der Waals surface area contributed by atoms with Crippen LogP contribution in [0.4, 0.5) is 27.5 Å². The highest BCUT2D eigenvalue weighted by Gasteiger charge is 2.23. The number of fused-ring (bicyclic) bond motifs is 2. The first kappa shape index (κ1) is 37.8. The van der Waals surface area contributed by atoms with Crippen molar-refractivity contribution in [3.8, 4) is 11.5 Å². The van der Waals surface area contributed by atoms with Gasteiger partial charge in [0.05, 0.1) is 21.2 Å². The van der Waals surface area contributed by atoms with Crippen LogP contribution in [0.15, 0.2) is 129 Å². The van der Waals surface area contributed by atoms with Gasteiger partial charge in [0.2, 0.25) is 0 Å². The lowest BCUT2D eigenvalue weighted by atomic mass is 10.1. The topological polar surface area (TPSA) is 283 Å². The fourth-order valence-corrected chi connectivity index (χ4v) is 9.20.